The quantitative estimate of drug-likeness (QED) is 0.802. The van der Waals surface area contributed by atoms with Crippen LogP contribution in [-0.2, 0) is 11.0 Å². The smallest absolute Gasteiger partial charge is 0.0987 e. The van der Waals surface area contributed by atoms with Gasteiger partial charge in [0.15, 0.2) is 0 Å². The SMILES string of the molecule is CCC1(O)c2ccc(C(C)C)cc2C1(C)C. The van der Waals surface area contributed by atoms with Crippen molar-refractivity contribution in [2.24, 2.45) is 0 Å². The fraction of sp³-hybridized carbons (Fsp3) is 0.600. The second kappa shape index (κ2) is 3.33. The fourth-order valence-corrected chi connectivity index (χ4v) is 2.93. The second-order valence-electron chi connectivity index (χ2n) is 5.80. The van der Waals surface area contributed by atoms with E-state index < -0.39 is 5.60 Å². The van der Waals surface area contributed by atoms with Crippen molar-refractivity contribution in [2.75, 3.05) is 0 Å². The second-order valence-corrected chi connectivity index (χ2v) is 5.80. The summed E-state index contributed by atoms with van der Waals surface area (Å²) in [5, 5.41) is 10.6. The van der Waals surface area contributed by atoms with Crippen molar-refractivity contribution in [2.45, 2.75) is 58.0 Å². The van der Waals surface area contributed by atoms with Crippen LogP contribution in [0.15, 0.2) is 18.2 Å². The maximum absolute atomic E-state index is 10.6. The maximum atomic E-state index is 10.6. The van der Waals surface area contributed by atoms with Crippen LogP contribution >= 0.6 is 0 Å². The van der Waals surface area contributed by atoms with Crippen LogP contribution in [0.3, 0.4) is 0 Å². The average Bonchev–Trinajstić information content (AvgIpc) is 2.26. The van der Waals surface area contributed by atoms with Crippen molar-refractivity contribution < 1.29 is 5.11 Å². The Morgan fingerprint density at radius 3 is 2.31 bits per heavy atom. The van der Waals surface area contributed by atoms with Crippen LogP contribution in [0.5, 0.6) is 0 Å². The van der Waals surface area contributed by atoms with E-state index in [-0.39, 0.29) is 5.41 Å². The van der Waals surface area contributed by atoms with Crippen LogP contribution < -0.4 is 0 Å². The van der Waals surface area contributed by atoms with Crippen LogP contribution in [-0.4, -0.2) is 5.11 Å². The van der Waals surface area contributed by atoms with E-state index >= 15 is 0 Å². The summed E-state index contributed by atoms with van der Waals surface area (Å²) >= 11 is 0. The van der Waals surface area contributed by atoms with Crippen LogP contribution in [0.1, 0.15) is 63.6 Å². The highest BCUT2D eigenvalue weighted by atomic mass is 16.3. The molecule has 1 unspecified atom stereocenters. The minimum atomic E-state index is -0.627. The number of fused-ring (bicyclic) bond motifs is 1. The average molecular weight is 218 g/mol. The van der Waals surface area contributed by atoms with Gasteiger partial charge in [-0.05, 0) is 29.0 Å². The first-order valence-corrected chi connectivity index (χ1v) is 6.22. The molecule has 1 nitrogen and oxygen atoms in total. The zero-order chi connectivity index (χ0) is 12.1. The zero-order valence-electron chi connectivity index (χ0n) is 11.0. The van der Waals surface area contributed by atoms with E-state index in [4.69, 9.17) is 0 Å². The van der Waals surface area contributed by atoms with Gasteiger partial charge in [0, 0.05) is 5.41 Å². The molecule has 1 aliphatic rings. The molecule has 1 aromatic rings. The van der Waals surface area contributed by atoms with E-state index in [2.05, 4.69) is 52.8 Å². The normalized spacial score (nSPS) is 26.4. The van der Waals surface area contributed by atoms with E-state index in [0.29, 0.717) is 5.92 Å². The Hall–Kier alpha value is -0.820. The van der Waals surface area contributed by atoms with Gasteiger partial charge < -0.3 is 5.11 Å². The molecule has 2 rings (SSSR count). The highest BCUT2D eigenvalue weighted by Crippen LogP contribution is 2.56. The molecule has 88 valence electrons. The molecule has 0 aliphatic heterocycles. The van der Waals surface area contributed by atoms with E-state index in [1.54, 1.807) is 0 Å². The first-order valence-electron chi connectivity index (χ1n) is 6.22. The minimum absolute atomic E-state index is 0.109. The van der Waals surface area contributed by atoms with Crippen molar-refractivity contribution in [1.82, 2.24) is 0 Å². The third-order valence-electron chi connectivity index (χ3n) is 4.37. The summed E-state index contributed by atoms with van der Waals surface area (Å²) in [6.45, 7) is 10.8. The predicted molar refractivity (Wildman–Crippen MR) is 67.7 cm³/mol. The third-order valence-corrected chi connectivity index (χ3v) is 4.37. The van der Waals surface area contributed by atoms with Gasteiger partial charge in [-0.2, -0.15) is 0 Å². The molecular weight excluding hydrogens is 196 g/mol. The van der Waals surface area contributed by atoms with Gasteiger partial charge >= 0.3 is 0 Å². The summed E-state index contributed by atoms with van der Waals surface area (Å²) < 4.78 is 0. The molecule has 0 spiro atoms. The summed E-state index contributed by atoms with van der Waals surface area (Å²) in [6, 6.07) is 6.53. The highest BCUT2D eigenvalue weighted by molar-refractivity contribution is 5.53. The summed E-state index contributed by atoms with van der Waals surface area (Å²) in [4.78, 5) is 0. The monoisotopic (exact) mass is 218 g/mol. The van der Waals surface area contributed by atoms with E-state index in [1.807, 2.05) is 0 Å². The lowest BCUT2D eigenvalue weighted by Gasteiger charge is -2.54. The molecule has 0 radical (unpaired) electrons. The van der Waals surface area contributed by atoms with Crippen LogP contribution in [0.2, 0.25) is 0 Å². The summed E-state index contributed by atoms with van der Waals surface area (Å²) in [7, 11) is 0. The zero-order valence-corrected chi connectivity index (χ0v) is 11.0. The van der Waals surface area contributed by atoms with E-state index in [0.717, 1.165) is 12.0 Å². The number of aliphatic hydroxyl groups is 1. The van der Waals surface area contributed by atoms with Crippen molar-refractivity contribution in [3.05, 3.63) is 34.9 Å². The fourth-order valence-electron chi connectivity index (χ4n) is 2.93. The number of rotatable bonds is 2. The first kappa shape index (κ1) is 11.7. The largest absolute Gasteiger partial charge is 0.384 e. The van der Waals surface area contributed by atoms with Gasteiger partial charge in [-0.25, -0.2) is 0 Å². The third kappa shape index (κ3) is 1.21. The molecule has 1 aliphatic carbocycles. The maximum Gasteiger partial charge on any atom is 0.0987 e. The molecule has 0 heterocycles. The predicted octanol–water partition coefficient (Wildman–Crippen LogP) is 3.70. The Kier molecular flexibility index (Phi) is 2.43. The molecule has 0 amide bonds. The van der Waals surface area contributed by atoms with Crippen LogP contribution in [0.25, 0.3) is 0 Å². The number of hydrogen-bond acceptors (Lipinski definition) is 1. The van der Waals surface area contributed by atoms with Gasteiger partial charge in [0.25, 0.3) is 0 Å². The molecule has 0 aromatic heterocycles. The molecule has 16 heavy (non-hydrogen) atoms. The number of benzene rings is 1. The Balaban J connectivity index is 2.53. The molecule has 1 atom stereocenters. The topological polar surface area (TPSA) is 20.2 Å². The van der Waals surface area contributed by atoms with E-state index in [1.165, 1.54) is 11.1 Å². The molecule has 0 fully saturated rings. The lowest BCUT2D eigenvalue weighted by Crippen LogP contribution is -2.54. The Morgan fingerprint density at radius 2 is 1.81 bits per heavy atom. The summed E-state index contributed by atoms with van der Waals surface area (Å²) in [5.41, 5.74) is 3.08. The Labute approximate surface area is 98.5 Å². The molecule has 0 bridgehead atoms. The van der Waals surface area contributed by atoms with Crippen molar-refractivity contribution in [3.8, 4) is 0 Å². The molecule has 1 heteroatoms. The minimum Gasteiger partial charge on any atom is -0.384 e. The molecule has 1 aromatic carbocycles. The molecule has 0 saturated carbocycles. The standard InChI is InChI=1S/C15H22O/c1-6-15(16)12-8-7-11(10(2)3)9-13(12)14(15,4)5/h7-10,16H,6H2,1-5H3. The van der Waals surface area contributed by atoms with Crippen LogP contribution in [0.4, 0.5) is 0 Å². The Bertz CT molecular complexity index is 417. The lowest BCUT2D eigenvalue weighted by molar-refractivity contribution is -0.0665. The first-order chi connectivity index (χ1) is 7.34. The molecule has 0 saturated heterocycles. The summed E-state index contributed by atoms with van der Waals surface area (Å²) in [5.74, 6) is 0.552. The Morgan fingerprint density at radius 1 is 1.19 bits per heavy atom. The van der Waals surface area contributed by atoms with Gasteiger partial charge in [-0.1, -0.05) is 52.8 Å². The number of hydrogen-bond donors (Lipinski definition) is 1. The molecule has 1 N–H and O–H groups in total. The lowest BCUT2D eigenvalue weighted by atomic mass is 9.53. The van der Waals surface area contributed by atoms with Gasteiger partial charge in [0.2, 0.25) is 0 Å². The van der Waals surface area contributed by atoms with Gasteiger partial charge in [0.1, 0.15) is 0 Å². The molecular formula is C15H22O. The van der Waals surface area contributed by atoms with Crippen molar-refractivity contribution in [3.63, 3.8) is 0 Å². The van der Waals surface area contributed by atoms with Crippen LogP contribution in [0, 0.1) is 0 Å². The highest BCUT2D eigenvalue weighted by Gasteiger charge is 2.55. The van der Waals surface area contributed by atoms with E-state index in [9.17, 15) is 5.11 Å². The van der Waals surface area contributed by atoms with Gasteiger partial charge in [-0.3, -0.25) is 0 Å². The van der Waals surface area contributed by atoms with Gasteiger partial charge in [0.05, 0.1) is 5.60 Å². The summed E-state index contributed by atoms with van der Waals surface area (Å²) in [6.07, 6.45) is 0.786. The van der Waals surface area contributed by atoms with Crippen molar-refractivity contribution in [1.29, 1.82) is 0 Å². The van der Waals surface area contributed by atoms with Crippen molar-refractivity contribution >= 4 is 0 Å². The van der Waals surface area contributed by atoms with Gasteiger partial charge in [-0.15, -0.1) is 0 Å².